The van der Waals surface area contributed by atoms with Crippen LogP contribution in [0.3, 0.4) is 0 Å². The van der Waals surface area contributed by atoms with Crippen LogP contribution in [0.1, 0.15) is 22.8 Å². The van der Waals surface area contributed by atoms with E-state index in [9.17, 15) is 9.50 Å². The van der Waals surface area contributed by atoms with E-state index < -0.39 is 6.10 Å². The molecule has 0 radical (unpaired) electrons. The van der Waals surface area contributed by atoms with Gasteiger partial charge in [-0.3, -0.25) is 4.90 Å². The maximum atomic E-state index is 13.4. The predicted molar refractivity (Wildman–Crippen MR) is 106 cm³/mol. The van der Waals surface area contributed by atoms with Gasteiger partial charge in [0.2, 0.25) is 0 Å². The minimum Gasteiger partial charge on any atom is -0.491 e. The van der Waals surface area contributed by atoms with E-state index in [2.05, 4.69) is 4.90 Å². The number of ether oxygens (including phenoxy) is 2. The largest absolute Gasteiger partial charge is 0.491 e. The molecule has 27 heavy (non-hydrogen) atoms. The molecule has 0 amide bonds. The minimum atomic E-state index is -0.596. The molecule has 1 heterocycles. The lowest BCUT2D eigenvalue weighted by atomic mass is 10.1. The molecule has 2 aromatic carbocycles. The van der Waals surface area contributed by atoms with Gasteiger partial charge >= 0.3 is 0 Å². The number of hydrogen-bond acceptors (Lipinski definition) is 4. The van der Waals surface area contributed by atoms with Crippen molar-refractivity contribution in [2.75, 3.05) is 32.8 Å². The van der Waals surface area contributed by atoms with E-state index in [1.54, 1.807) is 6.07 Å². The van der Waals surface area contributed by atoms with Gasteiger partial charge in [-0.1, -0.05) is 24.3 Å². The maximum absolute atomic E-state index is 13.4. The summed E-state index contributed by atoms with van der Waals surface area (Å²) in [5.41, 5.74) is 3.02. The second-order valence-electron chi connectivity index (χ2n) is 6.91. The SMILES string of the molecule is Cc1ccc(C)c(OCC(O)CN2CCOC(c3cccc(F)c3)C2)c1.Cl. The van der Waals surface area contributed by atoms with Crippen molar-refractivity contribution in [3.63, 3.8) is 0 Å². The number of benzene rings is 2. The molecule has 1 fully saturated rings. The lowest BCUT2D eigenvalue weighted by molar-refractivity contribution is -0.0460. The van der Waals surface area contributed by atoms with Crippen LogP contribution in [0.2, 0.25) is 0 Å². The summed E-state index contributed by atoms with van der Waals surface area (Å²) in [4.78, 5) is 2.14. The van der Waals surface area contributed by atoms with Crippen LogP contribution in [0.25, 0.3) is 0 Å². The highest BCUT2D eigenvalue weighted by molar-refractivity contribution is 5.85. The summed E-state index contributed by atoms with van der Waals surface area (Å²) in [5, 5.41) is 10.4. The van der Waals surface area contributed by atoms with Gasteiger partial charge in [-0.15, -0.1) is 12.4 Å². The average molecular weight is 396 g/mol. The molecule has 1 saturated heterocycles. The number of aliphatic hydroxyl groups is 1. The van der Waals surface area contributed by atoms with Crippen molar-refractivity contribution in [2.45, 2.75) is 26.1 Å². The van der Waals surface area contributed by atoms with Gasteiger partial charge in [0.1, 0.15) is 24.3 Å². The van der Waals surface area contributed by atoms with Crippen molar-refractivity contribution in [1.29, 1.82) is 0 Å². The first-order valence-corrected chi connectivity index (χ1v) is 8.99. The molecule has 1 aliphatic rings. The van der Waals surface area contributed by atoms with Gasteiger partial charge in [-0.25, -0.2) is 4.39 Å². The summed E-state index contributed by atoms with van der Waals surface area (Å²) in [6.45, 7) is 6.68. The molecule has 2 unspecified atom stereocenters. The average Bonchev–Trinajstić information content (AvgIpc) is 2.63. The lowest BCUT2D eigenvalue weighted by Crippen LogP contribution is -2.43. The van der Waals surface area contributed by atoms with Crippen molar-refractivity contribution >= 4 is 12.4 Å². The quantitative estimate of drug-likeness (QED) is 0.810. The Bertz CT molecular complexity index is 743. The highest BCUT2D eigenvalue weighted by Gasteiger charge is 2.24. The summed E-state index contributed by atoms with van der Waals surface area (Å²) in [6, 6.07) is 12.5. The van der Waals surface area contributed by atoms with Gasteiger partial charge in [-0.2, -0.15) is 0 Å². The fraction of sp³-hybridized carbons (Fsp3) is 0.429. The van der Waals surface area contributed by atoms with Crippen LogP contribution in [0.4, 0.5) is 4.39 Å². The predicted octanol–water partition coefficient (Wildman–Crippen LogP) is 3.68. The second kappa shape index (κ2) is 10.0. The van der Waals surface area contributed by atoms with E-state index >= 15 is 0 Å². The van der Waals surface area contributed by atoms with Crippen LogP contribution in [-0.4, -0.2) is 49.0 Å². The first kappa shape index (κ1) is 21.6. The second-order valence-corrected chi connectivity index (χ2v) is 6.91. The maximum Gasteiger partial charge on any atom is 0.123 e. The monoisotopic (exact) mass is 395 g/mol. The summed E-state index contributed by atoms with van der Waals surface area (Å²) in [5.74, 6) is 0.550. The number of hydrogen-bond donors (Lipinski definition) is 1. The van der Waals surface area contributed by atoms with Crippen LogP contribution < -0.4 is 4.74 Å². The van der Waals surface area contributed by atoms with E-state index in [0.29, 0.717) is 19.7 Å². The number of nitrogens with zero attached hydrogens (tertiary/aromatic N) is 1. The van der Waals surface area contributed by atoms with Gasteiger partial charge in [-0.05, 0) is 48.7 Å². The molecule has 0 spiro atoms. The van der Waals surface area contributed by atoms with Gasteiger partial charge in [0, 0.05) is 19.6 Å². The molecule has 0 aliphatic carbocycles. The summed E-state index contributed by atoms with van der Waals surface area (Å²) in [6.07, 6.45) is -0.771. The Morgan fingerprint density at radius 1 is 1.26 bits per heavy atom. The normalized spacial score (nSPS) is 18.6. The third-order valence-electron chi connectivity index (χ3n) is 4.61. The third kappa shape index (κ3) is 6.18. The molecule has 0 saturated carbocycles. The van der Waals surface area contributed by atoms with Crippen molar-refractivity contribution in [3.05, 3.63) is 65.0 Å². The Balaban J connectivity index is 0.00000261. The summed E-state index contributed by atoms with van der Waals surface area (Å²) in [7, 11) is 0. The van der Waals surface area contributed by atoms with Crippen LogP contribution in [-0.2, 0) is 4.74 Å². The van der Waals surface area contributed by atoms with E-state index in [-0.39, 0.29) is 30.9 Å². The van der Waals surface area contributed by atoms with Crippen LogP contribution in [0, 0.1) is 19.7 Å². The molecule has 6 heteroatoms. The lowest BCUT2D eigenvalue weighted by Gasteiger charge is -2.34. The summed E-state index contributed by atoms with van der Waals surface area (Å²) >= 11 is 0. The zero-order valence-corrected chi connectivity index (χ0v) is 16.5. The molecule has 3 rings (SSSR count). The molecule has 0 bridgehead atoms. The third-order valence-corrected chi connectivity index (χ3v) is 4.61. The zero-order valence-electron chi connectivity index (χ0n) is 15.7. The van der Waals surface area contributed by atoms with Gasteiger partial charge < -0.3 is 14.6 Å². The Hall–Kier alpha value is -1.66. The van der Waals surface area contributed by atoms with E-state index in [4.69, 9.17) is 9.47 Å². The van der Waals surface area contributed by atoms with Crippen LogP contribution in [0.15, 0.2) is 42.5 Å². The zero-order chi connectivity index (χ0) is 18.5. The van der Waals surface area contributed by atoms with Gasteiger partial charge in [0.25, 0.3) is 0 Å². The van der Waals surface area contributed by atoms with Gasteiger partial charge in [0.15, 0.2) is 0 Å². The molecule has 0 aromatic heterocycles. The minimum absolute atomic E-state index is 0. The fourth-order valence-electron chi connectivity index (χ4n) is 3.18. The van der Waals surface area contributed by atoms with E-state index in [1.165, 1.54) is 12.1 Å². The standard InChI is InChI=1S/C21H26FNO3.ClH/c1-15-6-7-16(2)20(10-15)26-14-19(24)12-23-8-9-25-21(13-23)17-4-3-5-18(22)11-17;/h3-7,10-11,19,21,24H,8-9,12-14H2,1-2H3;1H. The number of aliphatic hydroxyl groups excluding tert-OH is 1. The van der Waals surface area contributed by atoms with Crippen molar-refractivity contribution < 1.29 is 19.0 Å². The topological polar surface area (TPSA) is 41.9 Å². The number of morpholine rings is 1. The van der Waals surface area contributed by atoms with Crippen LogP contribution >= 0.6 is 12.4 Å². The Morgan fingerprint density at radius 3 is 2.85 bits per heavy atom. The molecule has 1 aliphatic heterocycles. The molecular weight excluding hydrogens is 369 g/mol. The van der Waals surface area contributed by atoms with Gasteiger partial charge in [0.05, 0.1) is 12.7 Å². The first-order chi connectivity index (χ1) is 12.5. The molecular formula is C21H27ClFNO3. The van der Waals surface area contributed by atoms with Crippen molar-refractivity contribution in [1.82, 2.24) is 4.90 Å². The Kier molecular flexibility index (Phi) is 8.05. The Morgan fingerprint density at radius 2 is 2.07 bits per heavy atom. The number of β-amino-alcohol motifs (C(OH)–C–C–N with tert-alkyl or cyclic N) is 1. The number of aryl methyl sites for hydroxylation is 2. The molecule has 4 nitrogen and oxygen atoms in total. The number of halogens is 2. The van der Waals surface area contributed by atoms with Crippen LogP contribution in [0.5, 0.6) is 5.75 Å². The molecule has 1 N–H and O–H groups in total. The van der Waals surface area contributed by atoms with Crippen molar-refractivity contribution in [3.8, 4) is 5.75 Å². The molecule has 148 valence electrons. The number of rotatable bonds is 6. The highest BCUT2D eigenvalue weighted by atomic mass is 35.5. The van der Waals surface area contributed by atoms with E-state index in [1.807, 2.05) is 38.1 Å². The van der Waals surface area contributed by atoms with Crippen molar-refractivity contribution in [2.24, 2.45) is 0 Å². The molecule has 2 atom stereocenters. The smallest absolute Gasteiger partial charge is 0.123 e. The Labute approximate surface area is 166 Å². The fourth-order valence-corrected chi connectivity index (χ4v) is 3.18. The van der Waals surface area contributed by atoms with E-state index in [0.717, 1.165) is 29.0 Å². The first-order valence-electron chi connectivity index (χ1n) is 8.99. The highest BCUT2D eigenvalue weighted by Crippen LogP contribution is 2.23. The summed E-state index contributed by atoms with van der Waals surface area (Å²) < 4.78 is 25.0. The molecule has 2 aromatic rings.